The molecule has 1 fully saturated rings. The molecular weight excluding hydrogens is 216 g/mol. The van der Waals surface area contributed by atoms with Gasteiger partial charge in [-0.15, -0.1) is 0 Å². The van der Waals surface area contributed by atoms with E-state index in [1.807, 2.05) is 0 Å². The normalized spacial score (nSPS) is 20.6. The van der Waals surface area contributed by atoms with Gasteiger partial charge in [0.05, 0.1) is 12.7 Å². The molecule has 1 rings (SSSR count). The fourth-order valence-electron chi connectivity index (χ4n) is 2.34. The van der Waals surface area contributed by atoms with Gasteiger partial charge in [-0.05, 0) is 38.9 Å². The van der Waals surface area contributed by atoms with Crippen molar-refractivity contribution in [1.29, 1.82) is 0 Å². The molecule has 0 bridgehead atoms. The second-order valence-electron chi connectivity index (χ2n) is 4.84. The van der Waals surface area contributed by atoms with Crippen molar-refractivity contribution in [3.63, 3.8) is 0 Å². The molecule has 0 spiro atoms. The molecule has 1 unspecified atom stereocenters. The zero-order valence-corrected chi connectivity index (χ0v) is 11.6. The summed E-state index contributed by atoms with van der Waals surface area (Å²) < 4.78 is 10.5. The van der Waals surface area contributed by atoms with Crippen LogP contribution in [0.4, 0.5) is 0 Å². The quantitative estimate of drug-likeness (QED) is 0.693. The third kappa shape index (κ3) is 5.82. The Morgan fingerprint density at radius 1 is 1.29 bits per heavy atom. The van der Waals surface area contributed by atoms with Gasteiger partial charge in [0.25, 0.3) is 0 Å². The molecule has 0 aromatic heterocycles. The smallest absolute Gasteiger partial charge is 0.0931 e. The van der Waals surface area contributed by atoms with Gasteiger partial charge in [-0.1, -0.05) is 6.92 Å². The molecule has 1 aliphatic heterocycles. The molecule has 1 aliphatic rings. The number of rotatable bonds is 8. The van der Waals surface area contributed by atoms with E-state index in [1.165, 1.54) is 32.4 Å². The van der Waals surface area contributed by atoms with Crippen molar-refractivity contribution >= 4 is 0 Å². The molecule has 1 N–H and O–H groups in total. The highest BCUT2D eigenvalue weighted by molar-refractivity contribution is 4.78. The summed E-state index contributed by atoms with van der Waals surface area (Å²) in [6.07, 6.45) is 3.94. The molecule has 0 saturated carbocycles. The van der Waals surface area contributed by atoms with Crippen molar-refractivity contribution in [2.75, 3.05) is 47.0 Å². The summed E-state index contributed by atoms with van der Waals surface area (Å²) >= 11 is 0. The highest BCUT2D eigenvalue weighted by Crippen LogP contribution is 2.11. The molecule has 0 aliphatic carbocycles. The maximum Gasteiger partial charge on any atom is 0.0931 e. The van der Waals surface area contributed by atoms with Crippen LogP contribution in [0.5, 0.6) is 0 Å². The van der Waals surface area contributed by atoms with Crippen LogP contribution in [0.2, 0.25) is 0 Å². The molecule has 4 heteroatoms. The zero-order valence-electron chi connectivity index (χ0n) is 11.6. The van der Waals surface area contributed by atoms with Crippen LogP contribution in [0.15, 0.2) is 0 Å². The average molecular weight is 244 g/mol. The first-order valence-electron chi connectivity index (χ1n) is 6.77. The molecule has 0 amide bonds. The van der Waals surface area contributed by atoms with Crippen LogP contribution < -0.4 is 5.32 Å². The van der Waals surface area contributed by atoms with Gasteiger partial charge in [-0.2, -0.15) is 0 Å². The van der Waals surface area contributed by atoms with Crippen LogP contribution in [-0.2, 0) is 9.47 Å². The lowest BCUT2D eigenvalue weighted by atomic mass is 10.0. The van der Waals surface area contributed by atoms with E-state index in [1.54, 1.807) is 14.2 Å². The van der Waals surface area contributed by atoms with Gasteiger partial charge >= 0.3 is 0 Å². The molecule has 1 saturated heterocycles. The number of nitrogens with zero attached hydrogens (tertiary/aromatic N) is 1. The van der Waals surface area contributed by atoms with Gasteiger partial charge in [-0.25, -0.2) is 0 Å². The summed E-state index contributed by atoms with van der Waals surface area (Å²) in [5.41, 5.74) is 0. The number of piperidine rings is 1. The van der Waals surface area contributed by atoms with Crippen LogP contribution in [0, 0.1) is 0 Å². The third-order valence-corrected chi connectivity index (χ3v) is 3.42. The monoisotopic (exact) mass is 244 g/mol. The van der Waals surface area contributed by atoms with E-state index in [0.29, 0.717) is 6.61 Å². The molecule has 4 nitrogen and oxygen atoms in total. The van der Waals surface area contributed by atoms with Crippen molar-refractivity contribution in [3.8, 4) is 0 Å². The first-order valence-corrected chi connectivity index (χ1v) is 6.77. The van der Waals surface area contributed by atoms with Crippen LogP contribution in [0.25, 0.3) is 0 Å². The largest absolute Gasteiger partial charge is 0.382 e. The van der Waals surface area contributed by atoms with Crippen molar-refractivity contribution in [2.24, 2.45) is 0 Å². The highest BCUT2D eigenvalue weighted by atomic mass is 16.5. The lowest BCUT2D eigenvalue weighted by Gasteiger charge is -2.34. The van der Waals surface area contributed by atoms with E-state index >= 15 is 0 Å². The van der Waals surface area contributed by atoms with Crippen LogP contribution in [0.3, 0.4) is 0 Å². The minimum absolute atomic E-state index is 0.208. The van der Waals surface area contributed by atoms with Crippen molar-refractivity contribution < 1.29 is 9.47 Å². The SMILES string of the molecule is CCCNC1CCN(CC(COC)OC)CC1. The van der Waals surface area contributed by atoms with E-state index in [-0.39, 0.29) is 6.10 Å². The van der Waals surface area contributed by atoms with E-state index in [9.17, 15) is 0 Å². The Morgan fingerprint density at radius 3 is 2.53 bits per heavy atom. The van der Waals surface area contributed by atoms with E-state index < -0.39 is 0 Å². The van der Waals surface area contributed by atoms with Crippen molar-refractivity contribution in [2.45, 2.75) is 38.3 Å². The zero-order chi connectivity index (χ0) is 12.5. The Labute approximate surface area is 106 Å². The minimum Gasteiger partial charge on any atom is -0.382 e. The fraction of sp³-hybridized carbons (Fsp3) is 1.00. The Bertz CT molecular complexity index is 182. The number of methoxy groups -OCH3 is 2. The average Bonchev–Trinajstić information content (AvgIpc) is 2.37. The third-order valence-electron chi connectivity index (χ3n) is 3.42. The van der Waals surface area contributed by atoms with Crippen molar-refractivity contribution in [1.82, 2.24) is 10.2 Å². The number of ether oxygens (including phenoxy) is 2. The molecule has 1 heterocycles. The summed E-state index contributed by atoms with van der Waals surface area (Å²) in [6.45, 7) is 7.39. The van der Waals surface area contributed by atoms with Gasteiger partial charge in [-0.3, -0.25) is 0 Å². The Morgan fingerprint density at radius 2 is 2.00 bits per heavy atom. The number of likely N-dealkylation sites (tertiary alicyclic amines) is 1. The summed E-state index contributed by atoms with van der Waals surface area (Å²) in [5.74, 6) is 0. The Kier molecular flexibility index (Phi) is 7.77. The number of nitrogens with one attached hydrogen (secondary N) is 1. The molecule has 0 radical (unpaired) electrons. The molecule has 102 valence electrons. The molecule has 0 aromatic carbocycles. The predicted octanol–water partition coefficient (Wildman–Crippen LogP) is 1.11. The summed E-state index contributed by atoms with van der Waals surface area (Å²) in [7, 11) is 3.49. The first-order chi connectivity index (χ1) is 8.30. The van der Waals surface area contributed by atoms with Gasteiger partial charge < -0.3 is 19.7 Å². The molecule has 0 aromatic rings. The standard InChI is InChI=1S/C13H28N2O2/c1-4-7-14-12-5-8-15(9-6-12)10-13(17-3)11-16-2/h12-14H,4-11H2,1-3H3. The predicted molar refractivity (Wildman–Crippen MR) is 70.4 cm³/mol. The van der Waals surface area contributed by atoms with Gasteiger partial charge in [0.15, 0.2) is 0 Å². The maximum absolute atomic E-state index is 5.40. The number of hydrogen-bond donors (Lipinski definition) is 1. The fourth-order valence-corrected chi connectivity index (χ4v) is 2.34. The maximum atomic E-state index is 5.40. The molecular formula is C13H28N2O2. The summed E-state index contributed by atoms with van der Waals surface area (Å²) in [4.78, 5) is 2.48. The Hall–Kier alpha value is -0.160. The lowest BCUT2D eigenvalue weighted by Crippen LogP contribution is -2.46. The molecule has 1 atom stereocenters. The summed E-state index contributed by atoms with van der Waals surface area (Å²) in [6, 6.07) is 0.717. The molecule has 17 heavy (non-hydrogen) atoms. The second-order valence-corrected chi connectivity index (χ2v) is 4.84. The van der Waals surface area contributed by atoms with Crippen LogP contribution >= 0.6 is 0 Å². The first kappa shape index (κ1) is 14.9. The van der Waals surface area contributed by atoms with Crippen LogP contribution in [-0.4, -0.2) is 64.1 Å². The minimum atomic E-state index is 0.208. The topological polar surface area (TPSA) is 33.7 Å². The van der Waals surface area contributed by atoms with Gasteiger partial charge in [0.2, 0.25) is 0 Å². The van der Waals surface area contributed by atoms with Gasteiger partial charge in [0, 0.05) is 26.8 Å². The van der Waals surface area contributed by atoms with E-state index in [4.69, 9.17) is 9.47 Å². The number of hydrogen-bond acceptors (Lipinski definition) is 4. The highest BCUT2D eigenvalue weighted by Gasteiger charge is 2.20. The second kappa shape index (κ2) is 8.86. The Balaban J connectivity index is 2.17. The van der Waals surface area contributed by atoms with Gasteiger partial charge in [0.1, 0.15) is 0 Å². The van der Waals surface area contributed by atoms with Crippen LogP contribution in [0.1, 0.15) is 26.2 Å². The lowest BCUT2D eigenvalue weighted by molar-refractivity contribution is 0.00132. The van der Waals surface area contributed by atoms with E-state index in [0.717, 1.165) is 19.1 Å². The summed E-state index contributed by atoms with van der Waals surface area (Å²) in [5, 5.41) is 3.60. The van der Waals surface area contributed by atoms with Crippen molar-refractivity contribution in [3.05, 3.63) is 0 Å². The van der Waals surface area contributed by atoms with E-state index in [2.05, 4.69) is 17.1 Å².